The summed E-state index contributed by atoms with van der Waals surface area (Å²) in [5, 5.41) is 4.23. The summed E-state index contributed by atoms with van der Waals surface area (Å²) in [6, 6.07) is 8.19. The van der Waals surface area contributed by atoms with Crippen molar-refractivity contribution < 1.29 is 0 Å². The van der Waals surface area contributed by atoms with Gasteiger partial charge in [0, 0.05) is 30.5 Å². The van der Waals surface area contributed by atoms with Gasteiger partial charge in [-0.25, -0.2) is 0 Å². The number of aryl methyl sites for hydroxylation is 2. The maximum atomic E-state index is 6.19. The van der Waals surface area contributed by atoms with E-state index in [-0.39, 0.29) is 0 Å². The minimum Gasteiger partial charge on any atom is -0.309 e. The average Bonchev–Trinajstić information content (AvgIpc) is 2.34. The third-order valence-corrected chi connectivity index (χ3v) is 3.33. The third-order valence-electron chi connectivity index (χ3n) is 2.98. The van der Waals surface area contributed by atoms with E-state index < -0.39 is 0 Å². The van der Waals surface area contributed by atoms with Gasteiger partial charge in [0.2, 0.25) is 0 Å². The second-order valence-electron chi connectivity index (χ2n) is 4.50. The molecule has 2 aromatic rings. The Labute approximate surface area is 113 Å². The Kier molecular flexibility index (Phi) is 4.34. The molecule has 1 heterocycles. The second kappa shape index (κ2) is 5.98. The van der Waals surface area contributed by atoms with Crippen LogP contribution < -0.4 is 5.32 Å². The van der Waals surface area contributed by atoms with Crippen molar-refractivity contribution in [2.45, 2.75) is 26.9 Å². The minimum atomic E-state index is 0.779. The largest absolute Gasteiger partial charge is 0.309 e. The number of aromatic nitrogens is 1. The molecule has 1 aromatic heterocycles. The SMILES string of the molecule is Cc1ccc(CNCc2ccncc2C)c(Cl)c1. The maximum absolute atomic E-state index is 6.19. The summed E-state index contributed by atoms with van der Waals surface area (Å²) in [7, 11) is 0. The molecular formula is C15H17ClN2. The summed E-state index contributed by atoms with van der Waals surface area (Å²) in [4.78, 5) is 4.09. The number of halogens is 1. The van der Waals surface area contributed by atoms with Crippen LogP contribution in [0.15, 0.2) is 36.7 Å². The molecule has 18 heavy (non-hydrogen) atoms. The fourth-order valence-electron chi connectivity index (χ4n) is 1.83. The first-order chi connectivity index (χ1) is 8.66. The molecule has 0 radical (unpaired) electrons. The fraction of sp³-hybridized carbons (Fsp3) is 0.267. The van der Waals surface area contributed by atoms with Gasteiger partial charge in [0.1, 0.15) is 0 Å². The molecule has 0 unspecified atom stereocenters. The first-order valence-corrected chi connectivity index (χ1v) is 6.40. The number of nitrogens with one attached hydrogen (secondary N) is 1. The molecule has 0 saturated carbocycles. The highest BCUT2D eigenvalue weighted by atomic mass is 35.5. The van der Waals surface area contributed by atoms with Gasteiger partial charge in [0.25, 0.3) is 0 Å². The van der Waals surface area contributed by atoms with Gasteiger partial charge in [0.05, 0.1) is 0 Å². The molecule has 0 bridgehead atoms. The lowest BCUT2D eigenvalue weighted by atomic mass is 10.1. The summed E-state index contributed by atoms with van der Waals surface area (Å²) in [5.41, 5.74) is 4.80. The van der Waals surface area contributed by atoms with Gasteiger partial charge >= 0.3 is 0 Å². The zero-order valence-electron chi connectivity index (χ0n) is 10.7. The van der Waals surface area contributed by atoms with Crippen molar-refractivity contribution in [1.29, 1.82) is 0 Å². The van der Waals surface area contributed by atoms with Crippen LogP contribution in [-0.4, -0.2) is 4.98 Å². The Balaban J connectivity index is 1.95. The van der Waals surface area contributed by atoms with Crippen molar-refractivity contribution in [3.8, 4) is 0 Å². The zero-order valence-corrected chi connectivity index (χ0v) is 11.5. The molecule has 0 spiro atoms. The third kappa shape index (κ3) is 3.31. The van der Waals surface area contributed by atoms with Crippen molar-refractivity contribution >= 4 is 11.6 Å². The molecule has 0 saturated heterocycles. The Morgan fingerprint density at radius 2 is 1.89 bits per heavy atom. The van der Waals surface area contributed by atoms with Crippen molar-refractivity contribution in [3.05, 3.63) is 63.9 Å². The number of benzene rings is 1. The fourth-order valence-corrected chi connectivity index (χ4v) is 2.13. The quantitative estimate of drug-likeness (QED) is 0.908. The van der Waals surface area contributed by atoms with Gasteiger partial charge in [0.15, 0.2) is 0 Å². The molecule has 0 amide bonds. The lowest BCUT2D eigenvalue weighted by Gasteiger charge is -2.09. The van der Waals surface area contributed by atoms with Crippen molar-refractivity contribution in [2.75, 3.05) is 0 Å². The molecule has 94 valence electrons. The van der Waals surface area contributed by atoms with E-state index in [1.165, 1.54) is 16.7 Å². The number of hydrogen-bond acceptors (Lipinski definition) is 2. The molecule has 2 nitrogen and oxygen atoms in total. The predicted octanol–water partition coefficient (Wildman–Crippen LogP) is 3.64. The van der Waals surface area contributed by atoms with Gasteiger partial charge < -0.3 is 5.32 Å². The first-order valence-electron chi connectivity index (χ1n) is 6.02. The Morgan fingerprint density at radius 1 is 1.11 bits per heavy atom. The van der Waals surface area contributed by atoms with E-state index in [9.17, 15) is 0 Å². The molecule has 3 heteroatoms. The standard InChI is InChI=1S/C15H17ClN2/c1-11-3-4-14(15(16)7-11)10-18-9-13-5-6-17-8-12(13)2/h3-8,18H,9-10H2,1-2H3. The zero-order chi connectivity index (χ0) is 13.0. The van der Waals surface area contributed by atoms with Crippen LogP contribution in [0.25, 0.3) is 0 Å². The highest BCUT2D eigenvalue weighted by Crippen LogP contribution is 2.17. The van der Waals surface area contributed by atoms with Crippen LogP contribution in [-0.2, 0) is 13.1 Å². The van der Waals surface area contributed by atoms with Crippen molar-refractivity contribution in [2.24, 2.45) is 0 Å². The van der Waals surface area contributed by atoms with E-state index in [1.54, 1.807) is 0 Å². The lowest BCUT2D eigenvalue weighted by molar-refractivity contribution is 0.690. The van der Waals surface area contributed by atoms with E-state index in [0.29, 0.717) is 0 Å². The van der Waals surface area contributed by atoms with Crippen LogP contribution in [0.5, 0.6) is 0 Å². The highest BCUT2D eigenvalue weighted by Gasteiger charge is 2.01. The second-order valence-corrected chi connectivity index (χ2v) is 4.91. The summed E-state index contributed by atoms with van der Waals surface area (Å²) in [6.07, 6.45) is 3.71. The van der Waals surface area contributed by atoms with Crippen molar-refractivity contribution in [3.63, 3.8) is 0 Å². The maximum Gasteiger partial charge on any atom is 0.0453 e. The summed E-state index contributed by atoms with van der Waals surface area (Å²) >= 11 is 6.19. The molecular weight excluding hydrogens is 244 g/mol. The van der Waals surface area contributed by atoms with Crippen molar-refractivity contribution in [1.82, 2.24) is 10.3 Å². The Morgan fingerprint density at radius 3 is 2.61 bits per heavy atom. The van der Waals surface area contributed by atoms with Crippen LogP contribution in [0.3, 0.4) is 0 Å². The number of pyridine rings is 1. The van der Waals surface area contributed by atoms with Gasteiger partial charge in [-0.2, -0.15) is 0 Å². The van der Waals surface area contributed by atoms with Gasteiger partial charge in [-0.05, 0) is 48.2 Å². The van der Waals surface area contributed by atoms with Crippen LogP contribution in [0, 0.1) is 13.8 Å². The number of hydrogen-bond donors (Lipinski definition) is 1. The smallest absolute Gasteiger partial charge is 0.0453 e. The topological polar surface area (TPSA) is 24.9 Å². The Hall–Kier alpha value is -1.38. The van der Waals surface area contributed by atoms with E-state index >= 15 is 0 Å². The first kappa shape index (κ1) is 13.1. The lowest BCUT2D eigenvalue weighted by Crippen LogP contribution is -2.13. The number of rotatable bonds is 4. The monoisotopic (exact) mass is 260 g/mol. The van der Waals surface area contributed by atoms with Gasteiger partial charge in [-0.15, -0.1) is 0 Å². The number of nitrogens with zero attached hydrogens (tertiary/aromatic N) is 1. The molecule has 0 aliphatic heterocycles. The average molecular weight is 261 g/mol. The van der Waals surface area contributed by atoms with Gasteiger partial charge in [-0.3, -0.25) is 4.98 Å². The summed E-state index contributed by atoms with van der Waals surface area (Å²) in [5.74, 6) is 0. The highest BCUT2D eigenvalue weighted by molar-refractivity contribution is 6.31. The van der Waals surface area contributed by atoms with E-state index in [2.05, 4.69) is 29.4 Å². The molecule has 2 rings (SSSR count). The minimum absolute atomic E-state index is 0.779. The predicted molar refractivity (Wildman–Crippen MR) is 75.7 cm³/mol. The molecule has 0 aliphatic rings. The molecule has 1 aromatic carbocycles. The van der Waals surface area contributed by atoms with Crippen LogP contribution in [0.4, 0.5) is 0 Å². The normalized spacial score (nSPS) is 10.6. The van der Waals surface area contributed by atoms with Gasteiger partial charge in [-0.1, -0.05) is 23.7 Å². The molecule has 1 N–H and O–H groups in total. The molecule has 0 atom stereocenters. The summed E-state index contributed by atoms with van der Waals surface area (Å²) in [6.45, 7) is 5.73. The van der Waals surface area contributed by atoms with E-state index in [0.717, 1.165) is 23.7 Å². The van der Waals surface area contributed by atoms with Crippen LogP contribution >= 0.6 is 11.6 Å². The van der Waals surface area contributed by atoms with Crippen LogP contribution in [0.2, 0.25) is 5.02 Å². The Bertz CT molecular complexity index is 538. The van der Waals surface area contributed by atoms with E-state index in [1.807, 2.05) is 31.5 Å². The summed E-state index contributed by atoms with van der Waals surface area (Å²) < 4.78 is 0. The van der Waals surface area contributed by atoms with E-state index in [4.69, 9.17) is 11.6 Å². The van der Waals surface area contributed by atoms with Crippen LogP contribution in [0.1, 0.15) is 22.3 Å². The molecule has 0 fully saturated rings. The molecule has 0 aliphatic carbocycles.